The first-order chi connectivity index (χ1) is 9.80. The normalized spacial score (nSPS) is 11.9. The van der Waals surface area contributed by atoms with Crippen LogP contribution in [0.15, 0.2) is 23.1 Å². The van der Waals surface area contributed by atoms with E-state index in [4.69, 9.17) is 11.5 Å². The number of amides is 1. The van der Waals surface area contributed by atoms with Crippen molar-refractivity contribution >= 4 is 32.7 Å². The van der Waals surface area contributed by atoms with Gasteiger partial charge in [-0.3, -0.25) is 4.79 Å². The van der Waals surface area contributed by atoms with Gasteiger partial charge in [0.25, 0.3) is 0 Å². The Labute approximate surface area is 122 Å². The summed E-state index contributed by atoms with van der Waals surface area (Å²) in [6.45, 7) is 0.558. The Morgan fingerprint density at radius 1 is 1.33 bits per heavy atom. The van der Waals surface area contributed by atoms with Gasteiger partial charge in [0.05, 0.1) is 10.4 Å². The fourth-order valence-corrected chi connectivity index (χ4v) is 3.07. The Balaban J connectivity index is 2.33. The number of primary amides is 1. The number of para-hydroxylation sites is 1. The number of anilines is 1. The molecule has 1 aromatic carbocycles. The summed E-state index contributed by atoms with van der Waals surface area (Å²) < 4.78 is 25.3. The smallest absolute Gasteiger partial charge is 0.217 e. The first-order valence-corrected chi connectivity index (χ1v) is 8.43. The molecular weight excluding hydrogens is 292 g/mol. The molecule has 7 nitrogen and oxygen atoms in total. The van der Waals surface area contributed by atoms with Crippen LogP contribution in [0.2, 0.25) is 0 Å². The fraction of sp³-hybridized carbons (Fsp3) is 0.385. The number of aryl methyl sites for hydroxylation is 1. The van der Waals surface area contributed by atoms with E-state index in [0.29, 0.717) is 36.8 Å². The molecule has 8 heteroatoms. The van der Waals surface area contributed by atoms with Crippen molar-refractivity contribution in [2.75, 3.05) is 12.0 Å². The first-order valence-electron chi connectivity index (χ1n) is 6.54. The van der Waals surface area contributed by atoms with E-state index in [2.05, 4.69) is 4.98 Å². The number of nitrogen functional groups attached to an aromatic ring is 1. The van der Waals surface area contributed by atoms with Crippen LogP contribution in [-0.4, -0.2) is 30.1 Å². The topological polar surface area (TPSA) is 121 Å². The summed E-state index contributed by atoms with van der Waals surface area (Å²) in [5.74, 6) is -0.0713. The number of benzene rings is 1. The van der Waals surface area contributed by atoms with E-state index in [0.717, 1.165) is 6.26 Å². The molecule has 0 aliphatic carbocycles. The second kappa shape index (κ2) is 5.72. The number of unbranched alkanes of at least 4 members (excludes halogenated alkanes) is 1. The third-order valence-electron chi connectivity index (χ3n) is 3.23. The molecule has 21 heavy (non-hydrogen) atoms. The molecular formula is C13H18N4O3S. The lowest BCUT2D eigenvalue weighted by molar-refractivity contribution is -0.118. The Hall–Kier alpha value is -2.09. The van der Waals surface area contributed by atoms with Gasteiger partial charge in [-0.2, -0.15) is 0 Å². The van der Waals surface area contributed by atoms with Crippen LogP contribution in [0, 0.1) is 0 Å². The van der Waals surface area contributed by atoms with Crippen molar-refractivity contribution in [3.63, 3.8) is 0 Å². The highest BCUT2D eigenvalue weighted by molar-refractivity contribution is 7.91. The number of imidazole rings is 1. The molecule has 1 amide bonds. The molecule has 1 aromatic heterocycles. The average molecular weight is 310 g/mol. The highest BCUT2D eigenvalue weighted by Gasteiger charge is 2.17. The molecule has 4 N–H and O–H groups in total. The first kappa shape index (κ1) is 15.3. The zero-order valence-corrected chi connectivity index (χ0v) is 12.6. The quantitative estimate of drug-likeness (QED) is 0.760. The van der Waals surface area contributed by atoms with Crippen LogP contribution in [-0.2, 0) is 21.2 Å². The number of hydrogen-bond acceptors (Lipinski definition) is 5. The summed E-state index contributed by atoms with van der Waals surface area (Å²) in [5, 5.41) is 0. The summed E-state index contributed by atoms with van der Waals surface area (Å²) in [7, 11) is -3.36. The van der Waals surface area contributed by atoms with Gasteiger partial charge in [-0.25, -0.2) is 13.4 Å². The standard InChI is InChI=1S/C13H18N4O3S/c1-21(19,20)10-6-4-5-9-12(10)16-13(15)17(9)8-3-2-7-11(14)18/h4-6H,2-3,7-8H2,1H3,(H2,14,18)(H2,15,16). The van der Waals surface area contributed by atoms with Gasteiger partial charge in [-0.1, -0.05) is 6.07 Å². The van der Waals surface area contributed by atoms with E-state index in [9.17, 15) is 13.2 Å². The van der Waals surface area contributed by atoms with Crippen molar-refractivity contribution < 1.29 is 13.2 Å². The molecule has 0 saturated heterocycles. The number of carbonyl (C=O) groups is 1. The Kier molecular flexibility index (Phi) is 4.17. The number of sulfone groups is 1. The van der Waals surface area contributed by atoms with Crippen LogP contribution >= 0.6 is 0 Å². The monoisotopic (exact) mass is 310 g/mol. The molecule has 0 saturated carbocycles. The van der Waals surface area contributed by atoms with Crippen molar-refractivity contribution in [1.29, 1.82) is 0 Å². The molecule has 0 bridgehead atoms. The minimum atomic E-state index is -3.36. The minimum absolute atomic E-state index is 0.169. The van der Waals surface area contributed by atoms with Gasteiger partial charge in [0, 0.05) is 19.2 Å². The second-order valence-electron chi connectivity index (χ2n) is 4.94. The summed E-state index contributed by atoms with van der Waals surface area (Å²) >= 11 is 0. The molecule has 0 radical (unpaired) electrons. The van der Waals surface area contributed by atoms with Gasteiger partial charge in [-0.15, -0.1) is 0 Å². The molecule has 114 valence electrons. The van der Waals surface area contributed by atoms with E-state index in [1.807, 2.05) is 0 Å². The molecule has 0 fully saturated rings. The number of fused-ring (bicyclic) bond motifs is 1. The van der Waals surface area contributed by atoms with Crippen molar-refractivity contribution in [2.24, 2.45) is 5.73 Å². The molecule has 2 rings (SSSR count). The Morgan fingerprint density at radius 3 is 2.67 bits per heavy atom. The van der Waals surface area contributed by atoms with Crippen molar-refractivity contribution in [2.45, 2.75) is 30.7 Å². The molecule has 0 spiro atoms. The SMILES string of the molecule is CS(=O)(=O)c1cccc2c1nc(N)n2CCCCC(N)=O. The predicted molar refractivity (Wildman–Crippen MR) is 80.3 cm³/mol. The lowest BCUT2D eigenvalue weighted by atomic mass is 10.2. The lowest BCUT2D eigenvalue weighted by Gasteiger charge is -2.06. The predicted octanol–water partition coefficient (Wildman–Crippen LogP) is 0.678. The molecule has 0 atom stereocenters. The van der Waals surface area contributed by atoms with Gasteiger partial charge in [0.15, 0.2) is 9.84 Å². The van der Waals surface area contributed by atoms with E-state index < -0.39 is 9.84 Å². The lowest BCUT2D eigenvalue weighted by Crippen LogP contribution is -2.10. The summed E-state index contributed by atoms with van der Waals surface area (Å²) in [6, 6.07) is 4.96. The maximum absolute atomic E-state index is 11.8. The molecule has 0 unspecified atom stereocenters. The maximum Gasteiger partial charge on any atom is 0.217 e. The van der Waals surface area contributed by atoms with Gasteiger partial charge in [0.2, 0.25) is 11.9 Å². The number of rotatable bonds is 6. The number of aromatic nitrogens is 2. The van der Waals surface area contributed by atoms with Crippen LogP contribution < -0.4 is 11.5 Å². The highest BCUT2D eigenvalue weighted by Crippen LogP contribution is 2.25. The van der Waals surface area contributed by atoms with Crippen molar-refractivity contribution in [3.05, 3.63) is 18.2 Å². The van der Waals surface area contributed by atoms with E-state index in [1.165, 1.54) is 6.07 Å². The Morgan fingerprint density at radius 2 is 2.05 bits per heavy atom. The van der Waals surface area contributed by atoms with Crippen LogP contribution in [0.25, 0.3) is 11.0 Å². The van der Waals surface area contributed by atoms with E-state index >= 15 is 0 Å². The van der Waals surface area contributed by atoms with Crippen LogP contribution in [0.4, 0.5) is 5.95 Å². The zero-order chi connectivity index (χ0) is 15.6. The molecule has 0 aliphatic heterocycles. The third-order valence-corrected chi connectivity index (χ3v) is 4.35. The average Bonchev–Trinajstić information content (AvgIpc) is 2.69. The number of nitrogens with zero attached hydrogens (tertiary/aromatic N) is 2. The van der Waals surface area contributed by atoms with Crippen LogP contribution in [0.1, 0.15) is 19.3 Å². The highest BCUT2D eigenvalue weighted by atomic mass is 32.2. The molecule has 2 aromatic rings. The van der Waals surface area contributed by atoms with E-state index in [-0.39, 0.29) is 16.8 Å². The van der Waals surface area contributed by atoms with E-state index in [1.54, 1.807) is 16.7 Å². The van der Waals surface area contributed by atoms with Crippen LogP contribution in [0.3, 0.4) is 0 Å². The minimum Gasteiger partial charge on any atom is -0.370 e. The molecule has 0 aliphatic rings. The van der Waals surface area contributed by atoms with Crippen LogP contribution in [0.5, 0.6) is 0 Å². The van der Waals surface area contributed by atoms with Gasteiger partial charge >= 0.3 is 0 Å². The number of carbonyl (C=O) groups excluding carboxylic acids is 1. The van der Waals surface area contributed by atoms with Gasteiger partial charge < -0.3 is 16.0 Å². The van der Waals surface area contributed by atoms with Crippen molar-refractivity contribution in [3.8, 4) is 0 Å². The number of hydrogen-bond donors (Lipinski definition) is 2. The Bertz CT molecular complexity index is 780. The van der Waals surface area contributed by atoms with Gasteiger partial charge in [-0.05, 0) is 25.0 Å². The zero-order valence-electron chi connectivity index (χ0n) is 11.7. The van der Waals surface area contributed by atoms with Crippen molar-refractivity contribution in [1.82, 2.24) is 9.55 Å². The summed E-state index contributed by atoms with van der Waals surface area (Å²) in [6.07, 6.45) is 2.83. The number of nitrogens with two attached hydrogens (primary N) is 2. The maximum atomic E-state index is 11.8. The van der Waals surface area contributed by atoms with Gasteiger partial charge in [0.1, 0.15) is 5.52 Å². The summed E-state index contributed by atoms with van der Waals surface area (Å²) in [5.41, 5.74) is 12.0. The fourth-order valence-electron chi connectivity index (χ4n) is 2.24. The summed E-state index contributed by atoms with van der Waals surface area (Å²) in [4.78, 5) is 15.0. The second-order valence-corrected chi connectivity index (χ2v) is 6.93. The third kappa shape index (κ3) is 3.33. The largest absolute Gasteiger partial charge is 0.370 e. The molecule has 1 heterocycles.